The summed E-state index contributed by atoms with van der Waals surface area (Å²) in [7, 11) is 0. The number of nitrogens with zero attached hydrogens (tertiary/aromatic N) is 2. The van der Waals surface area contributed by atoms with E-state index >= 15 is 0 Å². The van der Waals surface area contributed by atoms with Gasteiger partial charge in [-0.15, -0.1) is 0 Å². The number of rotatable bonds is 5. The summed E-state index contributed by atoms with van der Waals surface area (Å²) in [6.07, 6.45) is 2.24. The van der Waals surface area contributed by atoms with Crippen LogP contribution in [0.2, 0.25) is 0 Å². The van der Waals surface area contributed by atoms with Crippen LogP contribution in [0, 0.1) is 0 Å². The van der Waals surface area contributed by atoms with Gasteiger partial charge in [0.1, 0.15) is 16.7 Å². The number of aliphatic carboxylic acids is 1. The number of aryl methyl sites for hydroxylation is 1. The molecule has 0 saturated heterocycles. The van der Waals surface area contributed by atoms with Crippen LogP contribution in [-0.2, 0) is 11.2 Å². The fraction of sp³-hybridized carbons (Fsp3) is 0.667. The Morgan fingerprint density at radius 2 is 2.29 bits per heavy atom. The Bertz CT molecular complexity index is 312. The Morgan fingerprint density at radius 3 is 2.71 bits per heavy atom. The predicted octanol–water partition coefficient (Wildman–Crippen LogP) is 2.07. The normalized spacial score (nSPS) is 12.7. The van der Waals surface area contributed by atoms with E-state index in [1.54, 1.807) is 0 Å². The van der Waals surface area contributed by atoms with Gasteiger partial charge in [-0.2, -0.15) is 4.37 Å². The highest BCUT2D eigenvalue weighted by Gasteiger charge is 2.22. The quantitative estimate of drug-likeness (QED) is 0.815. The zero-order valence-electron chi connectivity index (χ0n) is 8.36. The molecule has 0 aromatic carbocycles. The van der Waals surface area contributed by atoms with Crippen molar-refractivity contribution in [1.82, 2.24) is 9.36 Å². The molecular formula is C9H14N2O2S. The number of hydrogen-bond acceptors (Lipinski definition) is 4. The molecule has 1 unspecified atom stereocenters. The Labute approximate surface area is 87.2 Å². The van der Waals surface area contributed by atoms with Crippen molar-refractivity contribution in [2.45, 2.75) is 39.0 Å². The summed E-state index contributed by atoms with van der Waals surface area (Å²) < 4.78 is 4.09. The van der Waals surface area contributed by atoms with E-state index in [0.717, 1.165) is 18.7 Å². The van der Waals surface area contributed by atoms with E-state index in [1.165, 1.54) is 11.5 Å². The Morgan fingerprint density at radius 1 is 1.57 bits per heavy atom. The lowest BCUT2D eigenvalue weighted by Gasteiger charge is -2.05. The lowest BCUT2D eigenvalue weighted by molar-refractivity contribution is -0.139. The van der Waals surface area contributed by atoms with Crippen LogP contribution in [0.15, 0.2) is 0 Å². The van der Waals surface area contributed by atoms with Crippen molar-refractivity contribution in [1.29, 1.82) is 0 Å². The van der Waals surface area contributed by atoms with Gasteiger partial charge in [-0.25, -0.2) is 4.98 Å². The maximum Gasteiger partial charge on any atom is 0.313 e. The van der Waals surface area contributed by atoms with Crippen LogP contribution in [0.3, 0.4) is 0 Å². The van der Waals surface area contributed by atoms with Gasteiger partial charge in [-0.3, -0.25) is 4.79 Å². The minimum atomic E-state index is -0.800. The molecule has 1 aromatic heterocycles. The van der Waals surface area contributed by atoms with Crippen molar-refractivity contribution in [2.24, 2.45) is 0 Å². The van der Waals surface area contributed by atoms with Crippen LogP contribution in [0.1, 0.15) is 43.4 Å². The highest BCUT2D eigenvalue weighted by molar-refractivity contribution is 7.05. The zero-order valence-corrected chi connectivity index (χ0v) is 9.17. The van der Waals surface area contributed by atoms with Crippen LogP contribution in [0.4, 0.5) is 0 Å². The standard InChI is InChI=1S/C9H14N2O2S/c1-3-5-6(9(12)13)8-10-7(4-2)11-14-8/h6H,3-5H2,1-2H3,(H,12,13). The second kappa shape index (κ2) is 5.05. The number of carboxylic acid groups (broad SMARTS) is 1. The van der Waals surface area contributed by atoms with Gasteiger partial charge in [0.15, 0.2) is 0 Å². The van der Waals surface area contributed by atoms with Crippen molar-refractivity contribution < 1.29 is 9.90 Å². The molecular weight excluding hydrogens is 200 g/mol. The van der Waals surface area contributed by atoms with Gasteiger partial charge in [0, 0.05) is 6.42 Å². The lowest BCUT2D eigenvalue weighted by atomic mass is 10.1. The van der Waals surface area contributed by atoms with Crippen molar-refractivity contribution in [3.63, 3.8) is 0 Å². The van der Waals surface area contributed by atoms with Crippen LogP contribution < -0.4 is 0 Å². The summed E-state index contributed by atoms with van der Waals surface area (Å²) in [5, 5.41) is 9.61. The van der Waals surface area contributed by atoms with Crippen LogP contribution in [0.5, 0.6) is 0 Å². The molecule has 0 spiro atoms. The number of carboxylic acids is 1. The third-order valence-corrected chi connectivity index (χ3v) is 2.84. The van der Waals surface area contributed by atoms with Gasteiger partial charge >= 0.3 is 5.97 Å². The third kappa shape index (κ3) is 2.51. The first-order valence-corrected chi connectivity index (χ1v) is 5.51. The van der Waals surface area contributed by atoms with Gasteiger partial charge in [-0.1, -0.05) is 20.3 Å². The van der Waals surface area contributed by atoms with Gasteiger partial charge in [0.2, 0.25) is 0 Å². The maximum absolute atomic E-state index is 10.9. The first-order chi connectivity index (χ1) is 6.69. The summed E-state index contributed by atoms with van der Waals surface area (Å²) in [6.45, 7) is 3.93. The highest BCUT2D eigenvalue weighted by atomic mass is 32.1. The predicted molar refractivity (Wildman–Crippen MR) is 54.6 cm³/mol. The molecule has 78 valence electrons. The van der Waals surface area contributed by atoms with Crippen LogP contribution in [-0.4, -0.2) is 20.4 Å². The molecule has 1 rings (SSSR count). The molecule has 1 atom stereocenters. The second-order valence-corrected chi connectivity index (χ2v) is 3.87. The lowest BCUT2D eigenvalue weighted by Crippen LogP contribution is -2.11. The summed E-state index contributed by atoms with van der Waals surface area (Å²) in [5.41, 5.74) is 0. The minimum absolute atomic E-state index is 0.474. The Kier molecular flexibility index (Phi) is 4.00. The average molecular weight is 214 g/mol. The largest absolute Gasteiger partial charge is 0.481 e. The van der Waals surface area contributed by atoms with Gasteiger partial charge in [-0.05, 0) is 18.0 Å². The first-order valence-electron chi connectivity index (χ1n) is 4.74. The summed E-state index contributed by atoms with van der Waals surface area (Å²) in [4.78, 5) is 15.1. The molecule has 0 saturated carbocycles. The topological polar surface area (TPSA) is 63.1 Å². The highest BCUT2D eigenvalue weighted by Crippen LogP contribution is 2.23. The Balaban J connectivity index is 2.81. The Hall–Kier alpha value is -0.970. The van der Waals surface area contributed by atoms with E-state index in [2.05, 4.69) is 9.36 Å². The van der Waals surface area contributed by atoms with Crippen molar-refractivity contribution in [3.05, 3.63) is 10.8 Å². The number of aromatic nitrogens is 2. The fourth-order valence-electron chi connectivity index (χ4n) is 1.19. The molecule has 0 aliphatic heterocycles. The summed E-state index contributed by atoms with van der Waals surface area (Å²) in [5.74, 6) is -0.532. The van der Waals surface area contributed by atoms with E-state index in [9.17, 15) is 4.79 Å². The molecule has 0 bridgehead atoms. The van der Waals surface area contributed by atoms with E-state index < -0.39 is 11.9 Å². The molecule has 4 nitrogen and oxygen atoms in total. The molecule has 14 heavy (non-hydrogen) atoms. The molecule has 1 heterocycles. The maximum atomic E-state index is 10.9. The van der Waals surface area contributed by atoms with E-state index in [-0.39, 0.29) is 0 Å². The van der Waals surface area contributed by atoms with Crippen LogP contribution >= 0.6 is 11.5 Å². The van der Waals surface area contributed by atoms with Gasteiger partial charge in [0.05, 0.1) is 0 Å². The second-order valence-electron chi connectivity index (χ2n) is 3.08. The number of carbonyl (C=O) groups is 1. The number of hydrogen-bond donors (Lipinski definition) is 1. The van der Waals surface area contributed by atoms with E-state index in [1.807, 2.05) is 13.8 Å². The van der Waals surface area contributed by atoms with Crippen molar-refractivity contribution in [3.8, 4) is 0 Å². The van der Waals surface area contributed by atoms with Gasteiger partial charge in [0.25, 0.3) is 0 Å². The third-order valence-electron chi connectivity index (χ3n) is 1.97. The van der Waals surface area contributed by atoms with E-state index in [4.69, 9.17) is 5.11 Å². The molecule has 1 N–H and O–H groups in total. The van der Waals surface area contributed by atoms with Crippen molar-refractivity contribution in [2.75, 3.05) is 0 Å². The minimum Gasteiger partial charge on any atom is -0.481 e. The molecule has 5 heteroatoms. The van der Waals surface area contributed by atoms with E-state index in [0.29, 0.717) is 11.4 Å². The van der Waals surface area contributed by atoms with Crippen molar-refractivity contribution >= 4 is 17.5 Å². The fourth-order valence-corrected chi connectivity index (χ4v) is 2.05. The summed E-state index contributed by atoms with van der Waals surface area (Å²) >= 11 is 1.21. The molecule has 0 aliphatic carbocycles. The zero-order chi connectivity index (χ0) is 10.6. The van der Waals surface area contributed by atoms with Crippen LogP contribution in [0.25, 0.3) is 0 Å². The molecule has 1 aromatic rings. The molecule has 0 aliphatic rings. The van der Waals surface area contributed by atoms with Gasteiger partial charge < -0.3 is 5.11 Å². The average Bonchev–Trinajstić information content (AvgIpc) is 2.61. The molecule has 0 radical (unpaired) electrons. The summed E-state index contributed by atoms with van der Waals surface area (Å²) in [6, 6.07) is 0. The smallest absolute Gasteiger partial charge is 0.313 e. The first kappa shape index (κ1) is 11.1. The monoisotopic (exact) mass is 214 g/mol. The SMILES string of the molecule is CCCC(C(=O)O)c1nc(CC)ns1. The molecule has 0 fully saturated rings. The molecule has 0 amide bonds.